The number of carbonyl (C=O) groups excluding carboxylic acids is 1. The van der Waals surface area contributed by atoms with Gasteiger partial charge in [0.15, 0.2) is 0 Å². The second-order valence-electron chi connectivity index (χ2n) is 5.03. The molecule has 1 atom stereocenters. The molecule has 2 rings (SSSR count). The van der Waals surface area contributed by atoms with Crippen molar-refractivity contribution < 1.29 is 14.3 Å². The minimum absolute atomic E-state index is 0.118. The van der Waals surface area contributed by atoms with Gasteiger partial charge in [-0.1, -0.05) is 0 Å². The Labute approximate surface area is 113 Å². The van der Waals surface area contributed by atoms with E-state index < -0.39 is 5.60 Å². The largest absolute Gasteiger partial charge is 0.481 e. The predicted octanol–water partition coefficient (Wildman–Crippen LogP) is 2.15. The van der Waals surface area contributed by atoms with Gasteiger partial charge in [-0.05, 0) is 38.7 Å². The Morgan fingerprint density at radius 3 is 2.58 bits per heavy atom. The molecule has 19 heavy (non-hydrogen) atoms. The molecule has 0 unspecified atom stereocenters. The molecule has 1 heterocycles. The van der Waals surface area contributed by atoms with Crippen LogP contribution in [0.5, 0.6) is 5.88 Å². The Balaban J connectivity index is 2.14. The van der Waals surface area contributed by atoms with E-state index in [0.29, 0.717) is 17.5 Å². The van der Waals surface area contributed by atoms with Crippen molar-refractivity contribution in [2.45, 2.75) is 32.3 Å². The van der Waals surface area contributed by atoms with Crippen LogP contribution in [0.1, 0.15) is 25.5 Å². The summed E-state index contributed by atoms with van der Waals surface area (Å²) in [5.74, 6) is 0.726. The summed E-state index contributed by atoms with van der Waals surface area (Å²) in [5.41, 5.74) is 0.656. The summed E-state index contributed by atoms with van der Waals surface area (Å²) in [5, 5.41) is 2.89. The molecule has 1 aromatic rings. The van der Waals surface area contributed by atoms with Crippen LogP contribution in [0.15, 0.2) is 12.1 Å². The summed E-state index contributed by atoms with van der Waals surface area (Å²) in [6.07, 6.45) is 2.08. The van der Waals surface area contributed by atoms with Gasteiger partial charge in [0, 0.05) is 13.2 Å². The van der Waals surface area contributed by atoms with Crippen LogP contribution in [-0.2, 0) is 9.53 Å². The maximum atomic E-state index is 12.4. The quantitative estimate of drug-likeness (QED) is 0.885. The van der Waals surface area contributed by atoms with Crippen molar-refractivity contribution in [1.82, 2.24) is 4.98 Å². The van der Waals surface area contributed by atoms with Crippen LogP contribution in [0, 0.1) is 12.8 Å². The Hall–Kier alpha value is -1.62. The van der Waals surface area contributed by atoms with Crippen molar-refractivity contribution in [3.8, 4) is 5.88 Å². The number of ether oxygens (including phenoxy) is 2. The van der Waals surface area contributed by atoms with Gasteiger partial charge in [-0.3, -0.25) is 4.79 Å². The van der Waals surface area contributed by atoms with E-state index in [0.717, 1.165) is 18.5 Å². The molecular weight excluding hydrogens is 244 g/mol. The number of aromatic nitrogens is 1. The van der Waals surface area contributed by atoms with E-state index in [4.69, 9.17) is 9.47 Å². The third-order valence-corrected chi connectivity index (χ3v) is 3.75. The number of amides is 1. The SMILES string of the molecule is COc1ccc(NC(=O)[C@](C)(OC)C2CC2)c(C)n1. The third-order valence-electron chi connectivity index (χ3n) is 3.75. The van der Waals surface area contributed by atoms with Crippen molar-refractivity contribution in [1.29, 1.82) is 0 Å². The normalized spacial score (nSPS) is 17.7. The number of aryl methyl sites for hydroxylation is 1. The maximum absolute atomic E-state index is 12.4. The molecule has 1 N–H and O–H groups in total. The van der Waals surface area contributed by atoms with E-state index in [1.807, 2.05) is 13.8 Å². The molecule has 0 aromatic carbocycles. The standard InChI is InChI=1S/C14H20N2O3/c1-9-11(7-8-12(15-9)18-3)16-13(17)14(2,19-4)10-5-6-10/h7-8,10H,5-6H2,1-4H3,(H,16,17)/t14-/m1/s1. The molecule has 0 radical (unpaired) electrons. The fourth-order valence-corrected chi connectivity index (χ4v) is 2.11. The lowest BCUT2D eigenvalue weighted by atomic mass is 9.99. The Morgan fingerprint density at radius 1 is 1.42 bits per heavy atom. The summed E-state index contributed by atoms with van der Waals surface area (Å²) in [6.45, 7) is 3.67. The maximum Gasteiger partial charge on any atom is 0.256 e. The molecule has 0 saturated heterocycles. The molecule has 0 spiro atoms. The molecule has 1 amide bonds. The molecule has 1 aliphatic rings. The van der Waals surface area contributed by atoms with Crippen molar-refractivity contribution in [2.24, 2.45) is 5.92 Å². The predicted molar refractivity (Wildman–Crippen MR) is 72.3 cm³/mol. The van der Waals surface area contributed by atoms with Gasteiger partial charge in [0.05, 0.1) is 18.5 Å². The van der Waals surface area contributed by atoms with E-state index >= 15 is 0 Å². The van der Waals surface area contributed by atoms with Gasteiger partial charge in [-0.2, -0.15) is 0 Å². The lowest BCUT2D eigenvalue weighted by Crippen LogP contribution is -2.44. The minimum Gasteiger partial charge on any atom is -0.481 e. The monoisotopic (exact) mass is 264 g/mol. The zero-order chi connectivity index (χ0) is 14.0. The van der Waals surface area contributed by atoms with Gasteiger partial charge in [0.2, 0.25) is 5.88 Å². The second-order valence-corrected chi connectivity index (χ2v) is 5.03. The number of methoxy groups -OCH3 is 2. The number of carbonyl (C=O) groups is 1. The van der Waals surface area contributed by atoms with Crippen LogP contribution >= 0.6 is 0 Å². The molecule has 1 aliphatic carbocycles. The van der Waals surface area contributed by atoms with Crippen LogP contribution in [0.25, 0.3) is 0 Å². The average Bonchev–Trinajstić information content (AvgIpc) is 3.24. The number of hydrogen-bond donors (Lipinski definition) is 1. The molecule has 5 heteroatoms. The van der Waals surface area contributed by atoms with Gasteiger partial charge in [-0.25, -0.2) is 4.98 Å². The fraction of sp³-hybridized carbons (Fsp3) is 0.571. The second kappa shape index (κ2) is 5.17. The summed E-state index contributed by atoms with van der Waals surface area (Å²) in [4.78, 5) is 16.6. The third kappa shape index (κ3) is 2.71. The van der Waals surface area contributed by atoms with E-state index in [1.54, 1.807) is 26.4 Å². The lowest BCUT2D eigenvalue weighted by Gasteiger charge is -2.27. The van der Waals surface area contributed by atoms with E-state index in [9.17, 15) is 4.79 Å². The summed E-state index contributed by atoms with van der Waals surface area (Å²) >= 11 is 0. The number of rotatable bonds is 5. The molecule has 5 nitrogen and oxygen atoms in total. The first-order chi connectivity index (χ1) is 9.01. The molecule has 1 saturated carbocycles. The number of nitrogens with one attached hydrogen (secondary N) is 1. The van der Waals surface area contributed by atoms with Gasteiger partial charge in [0.1, 0.15) is 5.60 Å². The smallest absolute Gasteiger partial charge is 0.256 e. The first-order valence-electron chi connectivity index (χ1n) is 6.39. The minimum atomic E-state index is -0.758. The van der Waals surface area contributed by atoms with Gasteiger partial charge < -0.3 is 14.8 Å². The topological polar surface area (TPSA) is 60.5 Å². The highest BCUT2D eigenvalue weighted by molar-refractivity contribution is 5.98. The van der Waals surface area contributed by atoms with Gasteiger partial charge in [-0.15, -0.1) is 0 Å². The van der Waals surface area contributed by atoms with E-state index in [2.05, 4.69) is 10.3 Å². The highest BCUT2D eigenvalue weighted by Crippen LogP contribution is 2.42. The fourth-order valence-electron chi connectivity index (χ4n) is 2.11. The van der Waals surface area contributed by atoms with E-state index in [-0.39, 0.29) is 5.91 Å². The van der Waals surface area contributed by atoms with Crippen LogP contribution in [0.2, 0.25) is 0 Å². The van der Waals surface area contributed by atoms with Crippen LogP contribution < -0.4 is 10.1 Å². The van der Waals surface area contributed by atoms with Gasteiger partial charge in [0.25, 0.3) is 5.91 Å². The summed E-state index contributed by atoms with van der Waals surface area (Å²) in [7, 11) is 3.14. The molecule has 1 aromatic heterocycles. The van der Waals surface area contributed by atoms with Crippen LogP contribution in [-0.4, -0.2) is 30.7 Å². The highest BCUT2D eigenvalue weighted by atomic mass is 16.5. The van der Waals surface area contributed by atoms with Crippen LogP contribution in [0.3, 0.4) is 0 Å². The Bertz CT molecular complexity index is 486. The zero-order valence-electron chi connectivity index (χ0n) is 11.8. The average molecular weight is 264 g/mol. The molecule has 0 aliphatic heterocycles. The van der Waals surface area contributed by atoms with E-state index in [1.165, 1.54) is 0 Å². The van der Waals surface area contributed by atoms with Crippen molar-refractivity contribution in [3.63, 3.8) is 0 Å². The van der Waals surface area contributed by atoms with Crippen LogP contribution in [0.4, 0.5) is 5.69 Å². The first kappa shape index (κ1) is 13.8. The number of nitrogens with zero attached hydrogens (tertiary/aromatic N) is 1. The number of pyridine rings is 1. The summed E-state index contributed by atoms with van der Waals surface area (Å²) < 4.78 is 10.5. The Kier molecular flexibility index (Phi) is 3.75. The molecule has 104 valence electrons. The lowest BCUT2D eigenvalue weighted by molar-refractivity contribution is -0.138. The van der Waals surface area contributed by atoms with Crippen molar-refractivity contribution in [3.05, 3.63) is 17.8 Å². The van der Waals surface area contributed by atoms with Crippen molar-refractivity contribution in [2.75, 3.05) is 19.5 Å². The Morgan fingerprint density at radius 2 is 2.11 bits per heavy atom. The molecular formula is C14H20N2O3. The number of hydrogen-bond acceptors (Lipinski definition) is 4. The zero-order valence-corrected chi connectivity index (χ0v) is 11.8. The molecule has 0 bridgehead atoms. The highest BCUT2D eigenvalue weighted by Gasteiger charge is 2.47. The van der Waals surface area contributed by atoms with Crippen molar-refractivity contribution >= 4 is 11.6 Å². The molecule has 1 fully saturated rings. The summed E-state index contributed by atoms with van der Waals surface area (Å²) in [6, 6.07) is 3.52. The first-order valence-corrected chi connectivity index (χ1v) is 6.39. The van der Waals surface area contributed by atoms with Gasteiger partial charge >= 0.3 is 0 Å². The number of anilines is 1.